The van der Waals surface area contributed by atoms with Gasteiger partial charge in [0.2, 0.25) is 0 Å². The minimum atomic E-state index is -1.09. The van der Waals surface area contributed by atoms with Crippen molar-refractivity contribution in [3.8, 4) is 0 Å². The Morgan fingerprint density at radius 1 is 1.45 bits per heavy atom. The molecule has 0 bridgehead atoms. The molecule has 6 nitrogen and oxygen atoms in total. The molecule has 2 amide bonds. The number of halogens is 1. The van der Waals surface area contributed by atoms with E-state index in [9.17, 15) is 14.7 Å². The first-order chi connectivity index (χ1) is 9.31. The highest BCUT2D eigenvalue weighted by Crippen LogP contribution is 2.19. The third-order valence-corrected chi connectivity index (χ3v) is 3.35. The molecule has 20 heavy (non-hydrogen) atoms. The second kappa shape index (κ2) is 7.44. The molecule has 1 unspecified atom stereocenters. The molecule has 0 spiro atoms. The SMILES string of the molecule is CC(O)CCN(C)C(=O)Nc1ccc(I)cc1C(=O)O. The smallest absolute Gasteiger partial charge is 0.337 e. The Labute approximate surface area is 130 Å². The van der Waals surface area contributed by atoms with Crippen LogP contribution < -0.4 is 5.32 Å². The number of benzene rings is 1. The van der Waals surface area contributed by atoms with Gasteiger partial charge in [-0.25, -0.2) is 9.59 Å². The van der Waals surface area contributed by atoms with E-state index in [0.717, 1.165) is 3.57 Å². The summed E-state index contributed by atoms with van der Waals surface area (Å²) in [5.41, 5.74) is 0.306. The molecule has 0 aliphatic rings. The van der Waals surface area contributed by atoms with Gasteiger partial charge in [0.15, 0.2) is 0 Å². The van der Waals surface area contributed by atoms with E-state index in [4.69, 9.17) is 5.11 Å². The van der Waals surface area contributed by atoms with Crippen molar-refractivity contribution in [2.24, 2.45) is 0 Å². The average molecular weight is 392 g/mol. The van der Waals surface area contributed by atoms with Gasteiger partial charge in [-0.05, 0) is 54.1 Å². The molecule has 7 heteroatoms. The largest absolute Gasteiger partial charge is 0.478 e. The zero-order valence-corrected chi connectivity index (χ0v) is 13.4. The maximum absolute atomic E-state index is 11.9. The Balaban J connectivity index is 2.77. The molecule has 0 fully saturated rings. The standard InChI is InChI=1S/C13H17IN2O4/c1-8(17)5-6-16(2)13(20)15-11-4-3-9(14)7-10(11)12(18)19/h3-4,7-8,17H,5-6H2,1-2H3,(H,15,20)(H,18,19). The first kappa shape index (κ1) is 16.7. The summed E-state index contributed by atoms with van der Waals surface area (Å²) in [6, 6.07) is 4.37. The van der Waals surface area contributed by atoms with Crippen LogP contribution in [-0.4, -0.2) is 46.8 Å². The molecule has 1 aromatic rings. The van der Waals surface area contributed by atoms with Gasteiger partial charge in [0.25, 0.3) is 0 Å². The molecule has 0 aliphatic heterocycles. The number of anilines is 1. The average Bonchev–Trinajstić information content (AvgIpc) is 2.37. The lowest BCUT2D eigenvalue weighted by atomic mass is 10.2. The normalized spacial score (nSPS) is 11.8. The van der Waals surface area contributed by atoms with Gasteiger partial charge in [0.05, 0.1) is 17.4 Å². The molecular weight excluding hydrogens is 375 g/mol. The number of hydrogen-bond donors (Lipinski definition) is 3. The number of carboxylic acid groups (broad SMARTS) is 1. The zero-order chi connectivity index (χ0) is 15.3. The third kappa shape index (κ3) is 4.97. The Bertz CT molecular complexity index is 505. The van der Waals surface area contributed by atoms with E-state index in [1.54, 1.807) is 26.1 Å². The Morgan fingerprint density at radius 2 is 2.10 bits per heavy atom. The molecule has 110 valence electrons. The maximum Gasteiger partial charge on any atom is 0.337 e. The molecule has 0 aliphatic carbocycles. The van der Waals surface area contributed by atoms with E-state index in [-0.39, 0.29) is 11.3 Å². The number of amides is 2. The summed E-state index contributed by atoms with van der Waals surface area (Å²) in [6.45, 7) is 2.03. The Kier molecular flexibility index (Phi) is 6.21. The number of aliphatic hydroxyl groups excluding tert-OH is 1. The van der Waals surface area contributed by atoms with Crippen molar-refractivity contribution >= 4 is 40.3 Å². The topological polar surface area (TPSA) is 89.9 Å². The fourth-order valence-corrected chi connectivity index (χ4v) is 1.99. The molecule has 0 aromatic heterocycles. The van der Waals surface area contributed by atoms with Gasteiger partial charge < -0.3 is 20.4 Å². The number of aromatic carboxylic acids is 1. The van der Waals surface area contributed by atoms with Crippen molar-refractivity contribution in [1.29, 1.82) is 0 Å². The molecule has 0 saturated carbocycles. The number of rotatable bonds is 5. The lowest BCUT2D eigenvalue weighted by molar-refractivity contribution is 0.0698. The van der Waals surface area contributed by atoms with Crippen molar-refractivity contribution < 1.29 is 19.8 Å². The number of aliphatic hydroxyl groups is 1. The number of carbonyl (C=O) groups is 2. The number of carbonyl (C=O) groups excluding carboxylic acids is 1. The minimum Gasteiger partial charge on any atom is -0.478 e. The van der Waals surface area contributed by atoms with Gasteiger partial charge in [0, 0.05) is 17.2 Å². The highest BCUT2D eigenvalue weighted by molar-refractivity contribution is 14.1. The van der Waals surface area contributed by atoms with Crippen molar-refractivity contribution in [1.82, 2.24) is 4.90 Å². The van der Waals surface area contributed by atoms with Crippen LogP contribution >= 0.6 is 22.6 Å². The van der Waals surface area contributed by atoms with Crippen LogP contribution in [0.4, 0.5) is 10.5 Å². The van der Waals surface area contributed by atoms with Crippen LogP contribution in [0.3, 0.4) is 0 Å². The fraction of sp³-hybridized carbons (Fsp3) is 0.385. The third-order valence-electron chi connectivity index (χ3n) is 2.68. The van der Waals surface area contributed by atoms with Gasteiger partial charge >= 0.3 is 12.0 Å². The van der Waals surface area contributed by atoms with Crippen LogP contribution in [0.1, 0.15) is 23.7 Å². The van der Waals surface area contributed by atoms with Crippen LogP contribution in [-0.2, 0) is 0 Å². The fourth-order valence-electron chi connectivity index (χ4n) is 1.50. The summed E-state index contributed by atoms with van der Waals surface area (Å²) in [6.07, 6.45) is -0.0271. The molecule has 0 heterocycles. The van der Waals surface area contributed by atoms with Gasteiger partial charge in [-0.15, -0.1) is 0 Å². The van der Waals surface area contributed by atoms with Crippen molar-refractivity contribution in [2.75, 3.05) is 18.9 Å². The predicted molar refractivity (Wildman–Crippen MR) is 84.1 cm³/mol. The first-order valence-corrected chi connectivity index (χ1v) is 7.12. The van der Waals surface area contributed by atoms with Crippen LogP contribution in [0.25, 0.3) is 0 Å². The molecule has 1 rings (SSSR count). The van der Waals surface area contributed by atoms with E-state index in [2.05, 4.69) is 5.32 Å². The van der Waals surface area contributed by atoms with E-state index in [1.165, 1.54) is 11.0 Å². The lowest BCUT2D eigenvalue weighted by Gasteiger charge is -2.19. The van der Waals surface area contributed by atoms with E-state index in [0.29, 0.717) is 13.0 Å². The monoisotopic (exact) mass is 392 g/mol. The molecule has 0 saturated heterocycles. The van der Waals surface area contributed by atoms with Gasteiger partial charge in [-0.1, -0.05) is 0 Å². The highest BCUT2D eigenvalue weighted by Gasteiger charge is 2.15. The molecule has 3 N–H and O–H groups in total. The van der Waals surface area contributed by atoms with Crippen molar-refractivity contribution in [3.05, 3.63) is 27.3 Å². The van der Waals surface area contributed by atoms with Crippen molar-refractivity contribution in [3.63, 3.8) is 0 Å². The predicted octanol–water partition coefficient (Wildman–Crippen LogP) is 2.22. The van der Waals surface area contributed by atoms with Gasteiger partial charge in [-0.3, -0.25) is 0 Å². The molecule has 0 radical (unpaired) electrons. The zero-order valence-electron chi connectivity index (χ0n) is 11.3. The Hall–Kier alpha value is -1.35. The summed E-state index contributed by atoms with van der Waals surface area (Å²) in [4.78, 5) is 24.5. The van der Waals surface area contributed by atoms with Crippen LogP contribution in [0.15, 0.2) is 18.2 Å². The quantitative estimate of drug-likeness (QED) is 0.671. The summed E-state index contributed by atoms with van der Waals surface area (Å²) < 4.78 is 0.778. The molecule has 1 atom stereocenters. The molecular formula is C13H17IN2O4. The summed E-state index contributed by atoms with van der Waals surface area (Å²) in [5, 5.41) is 20.9. The van der Waals surface area contributed by atoms with E-state index in [1.807, 2.05) is 22.6 Å². The number of nitrogens with one attached hydrogen (secondary N) is 1. The number of hydrogen-bond acceptors (Lipinski definition) is 3. The van der Waals surface area contributed by atoms with Crippen molar-refractivity contribution in [2.45, 2.75) is 19.4 Å². The number of urea groups is 1. The summed E-state index contributed by atoms with van der Waals surface area (Å²) >= 11 is 2.01. The molecule has 1 aromatic carbocycles. The van der Waals surface area contributed by atoms with Gasteiger partial charge in [-0.2, -0.15) is 0 Å². The second-order valence-electron chi connectivity index (χ2n) is 4.48. The highest BCUT2D eigenvalue weighted by atomic mass is 127. The lowest BCUT2D eigenvalue weighted by Crippen LogP contribution is -2.33. The number of carboxylic acids is 1. The summed E-state index contributed by atoms with van der Waals surface area (Å²) in [7, 11) is 1.59. The van der Waals surface area contributed by atoms with E-state index >= 15 is 0 Å². The van der Waals surface area contributed by atoms with Crippen LogP contribution in [0.2, 0.25) is 0 Å². The van der Waals surface area contributed by atoms with Crippen LogP contribution in [0.5, 0.6) is 0 Å². The van der Waals surface area contributed by atoms with E-state index < -0.39 is 18.1 Å². The number of nitrogens with zero attached hydrogens (tertiary/aromatic N) is 1. The second-order valence-corrected chi connectivity index (χ2v) is 5.73. The summed E-state index contributed by atoms with van der Waals surface area (Å²) in [5.74, 6) is -1.09. The first-order valence-electron chi connectivity index (χ1n) is 6.04. The Morgan fingerprint density at radius 3 is 2.65 bits per heavy atom. The van der Waals surface area contributed by atoms with Crippen LogP contribution in [0, 0.1) is 3.57 Å². The van der Waals surface area contributed by atoms with Gasteiger partial charge in [0.1, 0.15) is 0 Å². The minimum absolute atomic E-state index is 0.0502. The maximum atomic E-state index is 11.9.